The van der Waals surface area contributed by atoms with E-state index in [0.29, 0.717) is 11.0 Å². The highest BCUT2D eigenvalue weighted by Crippen LogP contribution is 2.33. The molecular formula is C15H14N4S2. The molecule has 0 aliphatic carbocycles. The standard InChI is InChI=1S/C15H14N4S2/c16-19-14(13-9-5-2-6-10-13)17-18-15(19)21-20-11-12-7-3-1-4-8-12/h1-10H,11,16H2. The molecule has 0 saturated heterocycles. The predicted octanol–water partition coefficient (Wildman–Crippen LogP) is 3.60. The molecule has 0 bridgehead atoms. The molecule has 6 heteroatoms. The van der Waals surface area contributed by atoms with E-state index in [4.69, 9.17) is 5.84 Å². The van der Waals surface area contributed by atoms with Crippen molar-refractivity contribution in [1.29, 1.82) is 0 Å². The highest BCUT2D eigenvalue weighted by atomic mass is 33.1. The van der Waals surface area contributed by atoms with Crippen LogP contribution in [0.1, 0.15) is 5.56 Å². The lowest BCUT2D eigenvalue weighted by molar-refractivity contribution is 0.854. The Labute approximate surface area is 131 Å². The van der Waals surface area contributed by atoms with Crippen molar-refractivity contribution in [3.05, 3.63) is 66.2 Å². The van der Waals surface area contributed by atoms with Gasteiger partial charge in [0.25, 0.3) is 0 Å². The van der Waals surface area contributed by atoms with Gasteiger partial charge in [0.15, 0.2) is 5.82 Å². The van der Waals surface area contributed by atoms with Crippen molar-refractivity contribution in [1.82, 2.24) is 14.9 Å². The third-order valence-corrected chi connectivity index (χ3v) is 5.05. The maximum absolute atomic E-state index is 6.07. The van der Waals surface area contributed by atoms with Crippen LogP contribution in [0.15, 0.2) is 65.8 Å². The number of benzene rings is 2. The normalized spacial score (nSPS) is 10.7. The Kier molecular flexibility index (Phi) is 4.47. The lowest BCUT2D eigenvalue weighted by Crippen LogP contribution is -2.11. The third kappa shape index (κ3) is 3.40. The van der Waals surface area contributed by atoms with E-state index in [-0.39, 0.29) is 0 Å². The Morgan fingerprint density at radius 2 is 1.57 bits per heavy atom. The molecule has 0 atom stereocenters. The van der Waals surface area contributed by atoms with Gasteiger partial charge in [0.1, 0.15) is 0 Å². The average Bonchev–Trinajstić information content (AvgIpc) is 2.90. The number of nitrogens with two attached hydrogens (primary N) is 1. The molecule has 1 aromatic heterocycles. The van der Waals surface area contributed by atoms with Gasteiger partial charge in [-0.25, -0.2) is 4.68 Å². The molecule has 0 fully saturated rings. The predicted molar refractivity (Wildman–Crippen MR) is 89.2 cm³/mol. The van der Waals surface area contributed by atoms with Crippen LogP contribution in [0.25, 0.3) is 11.4 Å². The monoisotopic (exact) mass is 314 g/mol. The van der Waals surface area contributed by atoms with Crippen molar-refractivity contribution in [2.24, 2.45) is 0 Å². The van der Waals surface area contributed by atoms with Gasteiger partial charge in [0, 0.05) is 11.3 Å². The Hall–Kier alpha value is -1.92. The summed E-state index contributed by atoms with van der Waals surface area (Å²) >= 11 is 0. The first kappa shape index (κ1) is 14.0. The quantitative estimate of drug-likeness (QED) is 0.576. The second kappa shape index (κ2) is 6.69. The molecule has 3 rings (SSSR count). The zero-order chi connectivity index (χ0) is 14.5. The molecule has 0 radical (unpaired) electrons. The van der Waals surface area contributed by atoms with Crippen LogP contribution >= 0.6 is 21.6 Å². The van der Waals surface area contributed by atoms with E-state index in [0.717, 1.165) is 11.3 Å². The van der Waals surface area contributed by atoms with Gasteiger partial charge in [-0.3, -0.25) is 0 Å². The van der Waals surface area contributed by atoms with Gasteiger partial charge in [-0.2, -0.15) is 0 Å². The minimum atomic E-state index is 0.679. The van der Waals surface area contributed by atoms with Crippen LogP contribution < -0.4 is 5.84 Å². The van der Waals surface area contributed by atoms with Crippen molar-refractivity contribution >= 4 is 21.6 Å². The van der Waals surface area contributed by atoms with Crippen LogP contribution in [0.4, 0.5) is 0 Å². The van der Waals surface area contributed by atoms with E-state index >= 15 is 0 Å². The number of rotatable bonds is 5. The van der Waals surface area contributed by atoms with E-state index in [1.807, 2.05) is 48.5 Å². The summed E-state index contributed by atoms with van der Waals surface area (Å²) in [5, 5.41) is 9.02. The SMILES string of the molecule is Nn1c(SSCc2ccccc2)nnc1-c1ccccc1. The van der Waals surface area contributed by atoms with Crippen molar-refractivity contribution in [2.45, 2.75) is 10.9 Å². The van der Waals surface area contributed by atoms with Crippen molar-refractivity contribution in [3.63, 3.8) is 0 Å². The molecular weight excluding hydrogens is 300 g/mol. The second-order valence-corrected chi connectivity index (χ2v) is 6.64. The molecule has 2 aromatic carbocycles. The highest BCUT2D eigenvalue weighted by molar-refractivity contribution is 8.76. The van der Waals surface area contributed by atoms with Gasteiger partial charge in [-0.05, 0) is 16.4 Å². The molecule has 0 aliphatic heterocycles. The zero-order valence-electron chi connectivity index (χ0n) is 11.2. The molecule has 0 saturated carbocycles. The average molecular weight is 314 g/mol. The summed E-state index contributed by atoms with van der Waals surface area (Å²) in [6.45, 7) is 0. The van der Waals surface area contributed by atoms with Crippen LogP contribution in [0, 0.1) is 0 Å². The van der Waals surface area contributed by atoms with E-state index in [9.17, 15) is 0 Å². The highest BCUT2D eigenvalue weighted by Gasteiger charge is 2.11. The van der Waals surface area contributed by atoms with Gasteiger partial charge in [0.05, 0.1) is 0 Å². The molecule has 4 nitrogen and oxygen atoms in total. The summed E-state index contributed by atoms with van der Waals surface area (Å²) < 4.78 is 1.54. The van der Waals surface area contributed by atoms with E-state index in [1.165, 1.54) is 21.0 Å². The lowest BCUT2D eigenvalue weighted by atomic mass is 10.2. The molecule has 3 aromatic rings. The summed E-state index contributed by atoms with van der Waals surface area (Å²) in [6.07, 6.45) is 0. The summed E-state index contributed by atoms with van der Waals surface area (Å²) in [6, 6.07) is 20.1. The fraction of sp³-hybridized carbons (Fsp3) is 0.0667. The van der Waals surface area contributed by atoms with Gasteiger partial charge < -0.3 is 5.84 Å². The molecule has 0 unspecified atom stereocenters. The first-order valence-electron chi connectivity index (χ1n) is 6.44. The number of nitrogen functional groups attached to an aromatic ring is 1. The smallest absolute Gasteiger partial charge is 0.220 e. The van der Waals surface area contributed by atoms with Crippen LogP contribution in [0.2, 0.25) is 0 Å². The summed E-state index contributed by atoms with van der Waals surface area (Å²) in [4.78, 5) is 0. The third-order valence-electron chi connectivity index (χ3n) is 2.90. The summed E-state index contributed by atoms with van der Waals surface area (Å²) in [5.41, 5.74) is 2.24. The van der Waals surface area contributed by atoms with E-state index in [1.54, 1.807) is 10.8 Å². The number of hydrogen-bond donors (Lipinski definition) is 1. The lowest BCUT2D eigenvalue weighted by Gasteiger charge is -2.03. The fourth-order valence-electron chi connectivity index (χ4n) is 1.84. The van der Waals surface area contributed by atoms with Crippen molar-refractivity contribution < 1.29 is 0 Å². The van der Waals surface area contributed by atoms with Gasteiger partial charge in [0.2, 0.25) is 5.16 Å². The summed E-state index contributed by atoms with van der Waals surface area (Å²) in [7, 11) is 3.23. The largest absolute Gasteiger partial charge is 0.335 e. The Balaban J connectivity index is 1.66. The minimum absolute atomic E-state index is 0.679. The molecule has 2 N–H and O–H groups in total. The van der Waals surface area contributed by atoms with Crippen LogP contribution in [-0.2, 0) is 5.75 Å². The maximum atomic E-state index is 6.07. The molecule has 106 valence electrons. The van der Waals surface area contributed by atoms with Crippen molar-refractivity contribution in [3.8, 4) is 11.4 Å². The Morgan fingerprint density at radius 1 is 0.905 bits per heavy atom. The summed E-state index contributed by atoms with van der Waals surface area (Å²) in [5.74, 6) is 7.65. The second-order valence-electron chi connectivity index (χ2n) is 4.37. The zero-order valence-corrected chi connectivity index (χ0v) is 12.8. The number of nitrogens with zero attached hydrogens (tertiary/aromatic N) is 3. The fourth-order valence-corrected chi connectivity index (χ4v) is 3.82. The molecule has 0 spiro atoms. The molecule has 21 heavy (non-hydrogen) atoms. The topological polar surface area (TPSA) is 56.7 Å². The van der Waals surface area contributed by atoms with Gasteiger partial charge >= 0.3 is 0 Å². The Morgan fingerprint density at radius 3 is 2.29 bits per heavy atom. The van der Waals surface area contributed by atoms with Crippen molar-refractivity contribution in [2.75, 3.05) is 5.84 Å². The minimum Gasteiger partial charge on any atom is -0.335 e. The first-order valence-corrected chi connectivity index (χ1v) is 8.76. The van der Waals surface area contributed by atoms with E-state index in [2.05, 4.69) is 22.3 Å². The van der Waals surface area contributed by atoms with Crippen LogP contribution in [0.3, 0.4) is 0 Å². The number of hydrogen-bond acceptors (Lipinski definition) is 5. The molecule has 0 aliphatic rings. The van der Waals surface area contributed by atoms with Crippen LogP contribution in [0.5, 0.6) is 0 Å². The Bertz CT molecular complexity index is 698. The van der Waals surface area contributed by atoms with Crippen LogP contribution in [-0.4, -0.2) is 14.9 Å². The van der Waals surface area contributed by atoms with Gasteiger partial charge in [-0.1, -0.05) is 71.5 Å². The molecule has 0 amide bonds. The number of aromatic nitrogens is 3. The molecule has 1 heterocycles. The van der Waals surface area contributed by atoms with E-state index < -0.39 is 0 Å². The maximum Gasteiger partial charge on any atom is 0.220 e. The first-order chi connectivity index (χ1) is 10.3. The van der Waals surface area contributed by atoms with Gasteiger partial charge in [-0.15, -0.1) is 10.2 Å².